The lowest BCUT2D eigenvalue weighted by molar-refractivity contribution is -0.131. The number of amides is 2. The van der Waals surface area contributed by atoms with Crippen molar-refractivity contribution in [1.82, 2.24) is 15.1 Å². The summed E-state index contributed by atoms with van der Waals surface area (Å²) in [4.78, 5) is 28.8. The topological polar surface area (TPSA) is 126 Å². The lowest BCUT2D eigenvalue weighted by atomic mass is 9.76. The van der Waals surface area contributed by atoms with E-state index in [9.17, 15) is 38.1 Å². The summed E-state index contributed by atoms with van der Waals surface area (Å²) in [5.41, 5.74) is -1.77. The number of nitrogens with one attached hydrogen (secondary N) is 1. The lowest BCUT2D eigenvalue weighted by Gasteiger charge is -2.36. The Labute approximate surface area is 226 Å². The van der Waals surface area contributed by atoms with Crippen LogP contribution in [0.25, 0.3) is 0 Å². The van der Waals surface area contributed by atoms with E-state index in [2.05, 4.69) is 5.32 Å². The number of nitriles is 1. The maximum Gasteiger partial charge on any atom is 0.475 e. The van der Waals surface area contributed by atoms with Crippen LogP contribution in [0.2, 0.25) is 0 Å². The molecule has 2 heterocycles. The van der Waals surface area contributed by atoms with E-state index in [1.807, 2.05) is 11.0 Å². The molecule has 3 rings (SSSR count). The first kappa shape index (κ1) is 30.5. The molecule has 0 radical (unpaired) electrons. The van der Waals surface area contributed by atoms with Crippen LogP contribution < -0.4 is 5.32 Å². The van der Waals surface area contributed by atoms with Gasteiger partial charge in [0.05, 0.1) is 18.0 Å². The summed E-state index contributed by atoms with van der Waals surface area (Å²) in [7, 11) is -1.95. The van der Waals surface area contributed by atoms with E-state index in [-0.39, 0.29) is 31.5 Å². The van der Waals surface area contributed by atoms with Crippen LogP contribution in [0.3, 0.4) is 0 Å². The molecule has 9 nitrogen and oxygen atoms in total. The van der Waals surface area contributed by atoms with E-state index in [1.165, 1.54) is 37.3 Å². The summed E-state index contributed by atoms with van der Waals surface area (Å²) in [6.45, 7) is 4.98. The van der Waals surface area contributed by atoms with Gasteiger partial charge >= 0.3 is 13.2 Å². The van der Waals surface area contributed by atoms with Crippen LogP contribution >= 0.6 is 0 Å². The summed E-state index contributed by atoms with van der Waals surface area (Å²) < 4.78 is 46.7. The number of benzene rings is 1. The standard InChI is InChI=1S/C26H34BF3N4O5/c1-25(2,33-9-8-20(29)14-33)11-18(13-31)23(35)34-15-21(30)12-26(34,3)16-39-24(36)32-22(27(37)38)10-17-4-6-19(28)7-5-17/h4-7,11,20-22,37-38H,8-10,12,14-16H2,1-3H3,(H,32,36)/b18-11+/t20-,21+,22+,26-/m1/s1. The zero-order valence-electron chi connectivity index (χ0n) is 22.2. The molecule has 212 valence electrons. The normalized spacial score (nSPS) is 24.8. The van der Waals surface area contributed by atoms with Gasteiger partial charge in [0.1, 0.15) is 36.4 Å². The highest BCUT2D eigenvalue weighted by Gasteiger charge is 2.47. The second-order valence-electron chi connectivity index (χ2n) is 10.9. The van der Waals surface area contributed by atoms with E-state index < -0.39 is 60.9 Å². The molecule has 2 aliphatic heterocycles. The van der Waals surface area contributed by atoms with Gasteiger partial charge in [-0.05, 0) is 57.4 Å². The van der Waals surface area contributed by atoms with Crippen LogP contribution in [0.15, 0.2) is 35.9 Å². The van der Waals surface area contributed by atoms with Gasteiger partial charge in [-0.2, -0.15) is 5.26 Å². The summed E-state index contributed by atoms with van der Waals surface area (Å²) in [5.74, 6) is -2.38. The molecule has 4 atom stereocenters. The number of nitrogens with zero attached hydrogens (tertiary/aromatic N) is 3. The number of hydrogen-bond donors (Lipinski definition) is 3. The van der Waals surface area contributed by atoms with Gasteiger partial charge in [-0.25, -0.2) is 18.0 Å². The van der Waals surface area contributed by atoms with Crippen molar-refractivity contribution in [2.45, 2.75) is 69.4 Å². The van der Waals surface area contributed by atoms with Gasteiger partial charge in [0.25, 0.3) is 5.91 Å². The zero-order chi connectivity index (χ0) is 29.0. The molecule has 0 saturated carbocycles. The summed E-state index contributed by atoms with van der Waals surface area (Å²) in [6, 6.07) is 7.14. The van der Waals surface area contributed by atoms with Crippen molar-refractivity contribution in [2.75, 3.05) is 26.2 Å². The number of ether oxygens (including phenoxy) is 1. The van der Waals surface area contributed by atoms with Gasteiger partial charge in [0, 0.05) is 25.0 Å². The monoisotopic (exact) mass is 550 g/mol. The van der Waals surface area contributed by atoms with Gasteiger partial charge < -0.3 is 25.0 Å². The summed E-state index contributed by atoms with van der Waals surface area (Å²) in [6.07, 6.45) is -1.81. The fourth-order valence-electron chi connectivity index (χ4n) is 5.03. The third-order valence-electron chi connectivity index (χ3n) is 7.28. The van der Waals surface area contributed by atoms with E-state index in [1.54, 1.807) is 13.8 Å². The first-order valence-electron chi connectivity index (χ1n) is 12.8. The molecule has 2 saturated heterocycles. The van der Waals surface area contributed by atoms with Gasteiger partial charge in [0.15, 0.2) is 0 Å². The fourth-order valence-corrected chi connectivity index (χ4v) is 5.03. The van der Waals surface area contributed by atoms with E-state index in [4.69, 9.17) is 4.74 Å². The first-order valence-corrected chi connectivity index (χ1v) is 12.8. The van der Waals surface area contributed by atoms with Crippen LogP contribution in [0.1, 0.15) is 39.2 Å². The van der Waals surface area contributed by atoms with Gasteiger partial charge in [-0.15, -0.1) is 0 Å². The number of rotatable bonds is 9. The molecule has 2 fully saturated rings. The summed E-state index contributed by atoms with van der Waals surface area (Å²) >= 11 is 0. The molecule has 13 heteroatoms. The van der Waals surface area contributed by atoms with Crippen LogP contribution in [-0.2, 0) is 16.0 Å². The minimum atomic E-state index is -1.95. The number of alkyl halides is 2. The van der Waals surface area contributed by atoms with E-state index in [0.29, 0.717) is 18.5 Å². The molecule has 0 bridgehead atoms. The predicted molar refractivity (Wildman–Crippen MR) is 137 cm³/mol. The molecule has 0 aliphatic carbocycles. The first-order chi connectivity index (χ1) is 18.2. The Kier molecular flexibility index (Phi) is 9.69. The highest BCUT2D eigenvalue weighted by molar-refractivity contribution is 6.43. The van der Waals surface area contributed by atoms with Gasteiger partial charge in [-0.1, -0.05) is 12.1 Å². The highest BCUT2D eigenvalue weighted by Crippen LogP contribution is 2.33. The molecular weight excluding hydrogens is 516 g/mol. The molecule has 0 spiro atoms. The molecule has 0 unspecified atom stereocenters. The van der Waals surface area contributed by atoms with Crippen LogP contribution in [-0.4, -0.2) is 94.6 Å². The zero-order valence-corrected chi connectivity index (χ0v) is 22.2. The van der Waals surface area contributed by atoms with Crippen LogP contribution in [0.4, 0.5) is 18.0 Å². The Bertz CT molecular complexity index is 1110. The second-order valence-corrected chi connectivity index (χ2v) is 10.9. The van der Waals surface area contributed by atoms with E-state index in [0.717, 1.165) is 4.90 Å². The molecule has 1 aromatic carbocycles. The second kappa shape index (κ2) is 12.4. The third-order valence-corrected chi connectivity index (χ3v) is 7.28. The summed E-state index contributed by atoms with van der Waals surface area (Å²) in [5, 5.41) is 31.4. The van der Waals surface area contributed by atoms with Crippen molar-refractivity contribution < 1.29 is 37.5 Å². The highest BCUT2D eigenvalue weighted by atomic mass is 19.1. The van der Waals surface area contributed by atoms with Crippen molar-refractivity contribution in [3.63, 3.8) is 0 Å². The van der Waals surface area contributed by atoms with Gasteiger partial charge in [-0.3, -0.25) is 9.69 Å². The smallest absolute Gasteiger partial charge is 0.447 e. The maximum absolute atomic E-state index is 14.5. The SMILES string of the molecule is CC(C)(/C=C(\C#N)C(=O)N1C[C@@H](F)C[C@]1(C)COC(=O)N[C@@H](Cc1ccc(F)cc1)B(O)O)N1CC[C@@H](F)C1. The fraction of sp³-hybridized carbons (Fsp3) is 0.577. The Hall–Kier alpha value is -3.08. The minimum absolute atomic E-state index is 0.0340. The number of likely N-dealkylation sites (tertiary alicyclic amines) is 2. The van der Waals surface area contributed by atoms with Crippen molar-refractivity contribution >= 4 is 19.1 Å². The minimum Gasteiger partial charge on any atom is -0.447 e. The molecular formula is C26H34BF3N4O5. The number of halogens is 3. The van der Waals surface area contributed by atoms with Crippen LogP contribution in [0, 0.1) is 17.1 Å². The number of carbonyl (C=O) groups is 2. The Morgan fingerprint density at radius 1 is 1.28 bits per heavy atom. The van der Waals surface area contributed by atoms with Crippen LogP contribution in [0.5, 0.6) is 0 Å². The molecule has 3 N–H and O–H groups in total. The number of carbonyl (C=O) groups excluding carboxylic acids is 2. The Balaban J connectivity index is 1.68. The van der Waals surface area contributed by atoms with Crippen molar-refractivity contribution in [2.24, 2.45) is 0 Å². The quantitative estimate of drug-likeness (QED) is 0.244. The average molecular weight is 550 g/mol. The van der Waals surface area contributed by atoms with Crippen molar-refractivity contribution in [1.29, 1.82) is 5.26 Å². The molecule has 1 aromatic rings. The van der Waals surface area contributed by atoms with Crippen molar-refractivity contribution in [3.8, 4) is 6.07 Å². The third kappa shape index (κ3) is 7.74. The molecule has 2 amide bonds. The lowest BCUT2D eigenvalue weighted by Crippen LogP contribution is -2.52. The van der Waals surface area contributed by atoms with E-state index >= 15 is 0 Å². The average Bonchev–Trinajstić information content (AvgIpc) is 3.44. The Morgan fingerprint density at radius 2 is 1.95 bits per heavy atom. The van der Waals surface area contributed by atoms with Gasteiger partial charge in [0.2, 0.25) is 0 Å². The Morgan fingerprint density at radius 3 is 2.51 bits per heavy atom. The molecule has 39 heavy (non-hydrogen) atoms. The predicted octanol–water partition coefficient (Wildman–Crippen LogP) is 2.08. The molecule has 2 aliphatic rings. The van der Waals surface area contributed by atoms with Crippen molar-refractivity contribution in [3.05, 3.63) is 47.3 Å². The maximum atomic E-state index is 14.5. The largest absolute Gasteiger partial charge is 0.475 e. The molecule has 0 aromatic heterocycles. The number of alkyl carbamates (subject to hydrolysis) is 1. The number of hydrogen-bond acceptors (Lipinski definition) is 7.